The zero-order chi connectivity index (χ0) is 18.0. The zero-order valence-corrected chi connectivity index (χ0v) is 13.7. The van der Waals surface area contributed by atoms with Gasteiger partial charge in [0.2, 0.25) is 5.95 Å². The number of rotatable bonds is 5. The topological polar surface area (TPSA) is 89.8 Å². The average Bonchev–Trinajstić information content (AvgIpc) is 2.99. The number of aliphatic hydroxyl groups excluding tert-OH is 1. The summed E-state index contributed by atoms with van der Waals surface area (Å²) in [5, 5.41) is 13.5. The van der Waals surface area contributed by atoms with Crippen molar-refractivity contribution < 1.29 is 13.9 Å². The second-order valence-electron chi connectivity index (χ2n) is 5.30. The van der Waals surface area contributed by atoms with Crippen molar-refractivity contribution >= 4 is 17.5 Å². The molecular formula is C16H14ClF2N5O. The van der Waals surface area contributed by atoms with Gasteiger partial charge in [-0.05, 0) is 11.1 Å². The fraction of sp³-hybridized carbons (Fsp3) is 0.188. The van der Waals surface area contributed by atoms with Crippen LogP contribution in [0.3, 0.4) is 0 Å². The molecule has 6 nitrogen and oxygen atoms in total. The Morgan fingerprint density at radius 2 is 1.88 bits per heavy atom. The highest BCUT2D eigenvalue weighted by Gasteiger charge is 2.19. The van der Waals surface area contributed by atoms with Gasteiger partial charge in [-0.25, -0.2) is 14.6 Å². The molecule has 0 saturated carbocycles. The average molecular weight is 366 g/mol. The van der Waals surface area contributed by atoms with Crippen molar-refractivity contribution in [1.82, 2.24) is 19.7 Å². The number of benzene rings is 1. The molecule has 0 aliphatic rings. The van der Waals surface area contributed by atoms with Gasteiger partial charge in [0.25, 0.3) is 0 Å². The number of hydrogen-bond donors (Lipinski definition) is 2. The van der Waals surface area contributed by atoms with Crippen LogP contribution in [0.4, 0.5) is 14.7 Å². The molecule has 0 radical (unpaired) electrons. The molecule has 1 aromatic carbocycles. The lowest BCUT2D eigenvalue weighted by atomic mass is 10.00. The molecule has 3 N–H and O–H groups in total. The maximum atomic E-state index is 13.1. The number of nitrogens with zero attached hydrogens (tertiary/aromatic N) is 4. The molecule has 0 saturated heterocycles. The summed E-state index contributed by atoms with van der Waals surface area (Å²) in [6.07, 6.45) is 1.54. The van der Waals surface area contributed by atoms with E-state index in [0.717, 1.165) is 5.56 Å². The summed E-state index contributed by atoms with van der Waals surface area (Å²) in [7, 11) is 0. The molecule has 0 unspecified atom stereocenters. The third kappa shape index (κ3) is 3.75. The summed E-state index contributed by atoms with van der Waals surface area (Å²) in [6.45, 7) is -2.95. The lowest BCUT2D eigenvalue weighted by Gasteiger charge is -2.07. The van der Waals surface area contributed by atoms with Crippen LogP contribution in [0.1, 0.15) is 23.2 Å². The van der Waals surface area contributed by atoms with E-state index in [2.05, 4.69) is 15.1 Å². The van der Waals surface area contributed by atoms with E-state index >= 15 is 0 Å². The summed E-state index contributed by atoms with van der Waals surface area (Å²) in [5.41, 5.74) is 8.10. The Balaban J connectivity index is 2.09. The highest BCUT2D eigenvalue weighted by Crippen LogP contribution is 2.27. The van der Waals surface area contributed by atoms with Crippen LogP contribution in [0.5, 0.6) is 0 Å². The van der Waals surface area contributed by atoms with Crippen LogP contribution in [-0.2, 0) is 13.0 Å². The highest BCUT2D eigenvalue weighted by atomic mass is 35.5. The third-order valence-corrected chi connectivity index (χ3v) is 3.83. The first kappa shape index (κ1) is 17.2. The predicted octanol–water partition coefficient (Wildman–Crippen LogP) is 3.05. The number of aliphatic hydroxyl groups is 1. The normalized spacial score (nSPS) is 11.2. The van der Waals surface area contributed by atoms with Crippen molar-refractivity contribution in [2.75, 3.05) is 5.73 Å². The number of hydrogen-bond acceptors (Lipinski definition) is 5. The minimum Gasteiger partial charge on any atom is -0.392 e. The van der Waals surface area contributed by atoms with Gasteiger partial charge in [0.1, 0.15) is 10.8 Å². The van der Waals surface area contributed by atoms with Crippen molar-refractivity contribution in [3.8, 4) is 11.4 Å². The van der Waals surface area contributed by atoms with Gasteiger partial charge in [0.15, 0.2) is 0 Å². The molecule has 130 valence electrons. The maximum absolute atomic E-state index is 13.1. The molecular weight excluding hydrogens is 352 g/mol. The second kappa shape index (κ2) is 7.12. The highest BCUT2D eigenvalue weighted by molar-refractivity contribution is 6.29. The van der Waals surface area contributed by atoms with E-state index in [1.807, 2.05) is 12.1 Å². The fourth-order valence-electron chi connectivity index (χ4n) is 2.52. The number of nitrogen functional groups attached to an aromatic ring is 1. The number of aromatic nitrogens is 4. The van der Waals surface area contributed by atoms with Gasteiger partial charge >= 0.3 is 6.55 Å². The first-order valence-electron chi connectivity index (χ1n) is 7.32. The number of halogens is 3. The van der Waals surface area contributed by atoms with Crippen LogP contribution in [0.15, 0.2) is 36.5 Å². The van der Waals surface area contributed by atoms with Crippen LogP contribution >= 0.6 is 11.6 Å². The third-order valence-electron chi connectivity index (χ3n) is 3.63. The van der Waals surface area contributed by atoms with Gasteiger partial charge in [-0.1, -0.05) is 35.9 Å². The standard InChI is InChI=1S/C16H14ClF2N5O/c17-13-6-12(21-16(20)22-13)14-11(7-24(23-14)15(18)19)5-9-3-1-2-4-10(9)8-25/h1-4,6-7,15,25H,5,8H2,(H2,20,21,22). The summed E-state index contributed by atoms with van der Waals surface area (Å²) >= 11 is 5.88. The molecule has 0 aliphatic heterocycles. The number of anilines is 1. The molecule has 0 bridgehead atoms. The van der Waals surface area contributed by atoms with Crippen LogP contribution in [0.25, 0.3) is 11.4 Å². The van der Waals surface area contributed by atoms with Gasteiger partial charge in [-0.2, -0.15) is 13.9 Å². The Bertz CT molecular complexity index is 880. The second-order valence-corrected chi connectivity index (χ2v) is 5.69. The van der Waals surface area contributed by atoms with Crippen LogP contribution in [0, 0.1) is 0 Å². The minimum atomic E-state index is -2.80. The van der Waals surface area contributed by atoms with E-state index in [9.17, 15) is 13.9 Å². The Morgan fingerprint density at radius 3 is 2.52 bits per heavy atom. The molecule has 3 rings (SSSR count). The van der Waals surface area contributed by atoms with E-state index in [1.165, 1.54) is 12.3 Å². The summed E-state index contributed by atoms with van der Waals surface area (Å²) in [5.74, 6) is -0.0733. The summed E-state index contributed by atoms with van der Waals surface area (Å²) in [6, 6.07) is 8.61. The SMILES string of the molecule is Nc1nc(Cl)cc(-c2nn(C(F)F)cc2Cc2ccccc2CO)n1. The zero-order valence-electron chi connectivity index (χ0n) is 12.9. The predicted molar refractivity (Wildman–Crippen MR) is 89.1 cm³/mol. The quantitative estimate of drug-likeness (QED) is 0.678. The summed E-state index contributed by atoms with van der Waals surface area (Å²) in [4.78, 5) is 7.79. The van der Waals surface area contributed by atoms with Crippen LogP contribution in [0.2, 0.25) is 5.15 Å². The smallest absolute Gasteiger partial charge is 0.333 e. The Labute approximate surface area is 146 Å². The van der Waals surface area contributed by atoms with E-state index < -0.39 is 6.55 Å². The molecule has 2 aromatic heterocycles. The molecule has 25 heavy (non-hydrogen) atoms. The summed E-state index contributed by atoms with van der Waals surface area (Å²) < 4.78 is 26.7. The first-order chi connectivity index (χ1) is 12.0. The number of alkyl halides is 2. The van der Waals surface area contributed by atoms with Gasteiger partial charge in [0, 0.05) is 24.2 Å². The molecule has 0 fully saturated rings. The maximum Gasteiger partial charge on any atom is 0.333 e. The molecule has 9 heteroatoms. The molecule has 0 spiro atoms. The van der Waals surface area contributed by atoms with E-state index in [-0.39, 0.29) is 29.1 Å². The molecule has 0 atom stereocenters. The molecule has 2 heterocycles. The number of nitrogens with two attached hydrogens (primary N) is 1. The van der Waals surface area contributed by atoms with Crippen molar-refractivity contribution in [3.63, 3.8) is 0 Å². The van der Waals surface area contributed by atoms with Crippen LogP contribution < -0.4 is 5.73 Å². The molecule has 0 amide bonds. The minimum absolute atomic E-state index is 0.0733. The van der Waals surface area contributed by atoms with Crippen molar-refractivity contribution in [2.45, 2.75) is 19.6 Å². The Morgan fingerprint density at radius 1 is 1.16 bits per heavy atom. The van der Waals surface area contributed by atoms with Gasteiger partial charge in [-0.15, -0.1) is 0 Å². The van der Waals surface area contributed by atoms with Crippen molar-refractivity contribution in [3.05, 3.63) is 58.4 Å². The van der Waals surface area contributed by atoms with Crippen molar-refractivity contribution in [2.24, 2.45) is 0 Å². The monoisotopic (exact) mass is 365 g/mol. The largest absolute Gasteiger partial charge is 0.392 e. The molecule has 0 aliphatic carbocycles. The van der Waals surface area contributed by atoms with E-state index in [0.29, 0.717) is 22.2 Å². The fourth-order valence-corrected chi connectivity index (χ4v) is 2.71. The van der Waals surface area contributed by atoms with E-state index in [1.54, 1.807) is 12.1 Å². The van der Waals surface area contributed by atoms with Crippen molar-refractivity contribution in [1.29, 1.82) is 0 Å². The van der Waals surface area contributed by atoms with E-state index in [4.69, 9.17) is 17.3 Å². The lowest BCUT2D eigenvalue weighted by Crippen LogP contribution is -2.00. The Hall–Kier alpha value is -2.58. The molecule has 3 aromatic rings. The van der Waals surface area contributed by atoms with Crippen LogP contribution in [-0.4, -0.2) is 24.9 Å². The Kier molecular flexibility index (Phi) is 4.91. The lowest BCUT2D eigenvalue weighted by molar-refractivity contribution is 0.0567. The van der Waals surface area contributed by atoms with Gasteiger partial charge in [-0.3, -0.25) is 0 Å². The van der Waals surface area contributed by atoms with Gasteiger partial charge < -0.3 is 10.8 Å². The van der Waals surface area contributed by atoms with Gasteiger partial charge in [0.05, 0.1) is 12.3 Å². The first-order valence-corrected chi connectivity index (χ1v) is 7.70.